The molecule has 5 atom stereocenters. The van der Waals surface area contributed by atoms with Gasteiger partial charge in [-0.1, -0.05) is 6.42 Å². The van der Waals surface area contributed by atoms with Crippen molar-refractivity contribution in [3.63, 3.8) is 0 Å². The average Bonchev–Trinajstić information content (AvgIpc) is 3.31. The molecule has 0 aromatic carbocycles. The number of fused-ring (bicyclic) bond motifs is 1. The fourth-order valence-corrected chi connectivity index (χ4v) is 4.67. The van der Waals surface area contributed by atoms with Crippen LogP contribution in [-0.4, -0.2) is 57.3 Å². The van der Waals surface area contributed by atoms with Crippen molar-refractivity contribution in [1.29, 1.82) is 0 Å². The lowest BCUT2D eigenvalue weighted by atomic mass is 10.0. The second-order valence-electron chi connectivity index (χ2n) is 7.50. The van der Waals surface area contributed by atoms with Gasteiger partial charge in [-0.3, -0.25) is 14.7 Å². The molecule has 2 amide bonds. The van der Waals surface area contributed by atoms with E-state index in [2.05, 4.69) is 15.5 Å². The zero-order valence-corrected chi connectivity index (χ0v) is 13.6. The molecule has 7 heteroatoms. The number of amides is 2. The number of nitrogens with one attached hydrogen (secondary N) is 2. The maximum atomic E-state index is 12.8. The average molecular weight is 332 g/mol. The highest BCUT2D eigenvalue weighted by molar-refractivity contribution is 5.94. The van der Waals surface area contributed by atoms with E-state index in [0.29, 0.717) is 30.2 Å². The Balaban J connectivity index is 1.34. The fraction of sp³-hybridized carbons (Fsp3) is 0.706. The van der Waals surface area contributed by atoms with E-state index in [1.165, 1.54) is 31.7 Å². The van der Waals surface area contributed by atoms with Gasteiger partial charge in [0.2, 0.25) is 5.91 Å². The molecule has 2 aliphatic carbocycles. The minimum atomic E-state index is -0.670. The Bertz CT molecular complexity index is 605. The van der Waals surface area contributed by atoms with Crippen LogP contribution in [0.4, 0.5) is 0 Å². The molecule has 3 N–H and O–H groups in total. The van der Waals surface area contributed by atoms with Crippen LogP contribution in [0.5, 0.6) is 0 Å². The van der Waals surface area contributed by atoms with Gasteiger partial charge >= 0.3 is 0 Å². The summed E-state index contributed by atoms with van der Waals surface area (Å²) in [5.74, 6) is 1.06. The molecule has 3 fully saturated rings. The van der Waals surface area contributed by atoms with Crippen LogP contribution < -0.4 is 5.32 Å². The first-order valence-electron chi connectivity index (χ1n) is 8.88. The Labute approximate surface area is 140 Å². The van der Waals surface area contributed by atoms with Crippen molar-refractivity contribution in [2.45, 2.75) is 44.2 Å². The Hall–Kier alpha value is -1.89. The van der Waals surface area contributed by atoms with Crippen LogP contribution in [0.2, 0.25) is 0 Å². The molecule has 3 aliphatic rings. The summed E-state index contributed by atoms with van der Waals surface area (Å²) in [4.78, 5) is 26.9. The van der Waals surface area contributed by atoms with Gasteiger partial charge in [-0.15, -0.1) is 0 Å². The maximum absolute atomic E-state index is 12.8. The van der Waals surface area contributed by atoms with Crippen LogP contribution in [0.1, 0.15) is 42.5 Å². The quantitative estimate of drug-likeness (QED) is 0.752. The van der Waals surface area contributed by atoms with E-state index in [1.54, 1.807) is 0 Å². The molecule has 4 rings (SSSR count). The lowest BCUT2D eigenvalue weighted by molar-refractivity contribution is -0.134. The number of carbonyl (C=O) groups excluding carboxylic acids is 2. The van der Waals surface area contributed by atoms with E-state index in [-0.39, 0.29) is 23.8 Å². The molecule has 1 aromatic rings. The molecule has 24 heavy (non-hydrogen) atoms. The largest absolute Gasteiger partial charge is 0.391 e. The number of aliphatic hydroxyl groups is 1. The Kier molecular flexibility index (Phi) is 4.04. The summed E-state index contributed by atoms with van der Waals surface area (Å²) >= 11 is 0. The zero-order valence-electron chi connectivity index (χ0n) is 13.6. The van der Waals surface area contributed by atoms with Gasteiger partial charge in [0.25, 0.3) is 5.91 Å². The molecule has 2 heterocycles. The normalized spacial score (nSPS) is 35.2. The van der Waals surface area contributed by atoms with Gasteiger partial charge in [-0.05, 0) is 37.5 Å². The second-order valence-corrected chi connectivity index (χ2v) is 7.50. The van der Waals surface area contributed by atoms with Gasteiger partial charge in [-0.25, -0.2) is 0 Å². The Morgan fingerprint density at radius 1 is 1.25 bits per heavy atom. The number of aromatic nitrogens is 2. The predicted molar refractivity (Wildman–Crippen MR) is 86.0 cm³/mol. The van der Waals surface area contributed by atoms with Crippen LogP contribution in [0, 0.1) is 17.8 Å². The molecular weight excluding hydrogens is 308 g/mol. The van der Waals surface area contributed by atoms with Crippen LogP contribution in [0.3, 0.4) is 0 Å². The number of H-pyrrole nitrogens is 1. The van der Waals surface area contributed by atoms with Crippen LogP contribution in [0.25, 0.3) is 0 Å². The molecule has 0 unspecified atom stereocenters. The zero-order chi connectivity index (χ0) is 16.7. The second kappa shape index (κ2) is 6.20. The number of aromatic amines is 1. The number of hydrogen-bond acceptors (Lipinski definition) is 4. The van der Waals surface area contributed by atoms with Crippen molar-refractivity contribution in [2.24, 2.45) is 17.8 Å². The monoisotopic (exact) mass is 332 g/mol. The number of rotatable bonds is 3. The number of nitrogens with zero attached hydrogens (tertiary/aromatic N) is 2. The summed E-state index contributed by atoms with van der Waals surface area (Å²) in [6, 6.07) is -0.372. The first-order valence-corrected chi connectivity index (χ1v) is 8.88. The highest BCUT2D eigenvalue weighted by Gasteiger charge is 2.43. The third-order valence-electron chi connectivity index (χ3n) is 5.99. The number of aliphatic hydroxyl groups excluding tert-OH is 1. The van der Waals surface area contributed by atoms with Crippen molar-refractivity contribution in [3.8, 4) is 0 Å². The Morgan fingerprint density at radius 2 is 2.00 bits per heavy atom. The van der Waals surface area contributed by atoms with Crippen molar-refractivity contribution >= 4 is 11.8 Å². The topological polar surface area (TPSA) is 98.3 Å². The highest BCUT2D eigenvalue weighted by Crippen LogP contribution is 2.39. The SMILES string of the molecule is O=C(N[C@@H]1C[C@H](C(=O)N2C[C@H]3CCC[C@H]3C2)C[C@H]1O)c1cn[nH]c1. The summed E-state index contributed by atoms with van der Waals surface area (Å²) < 4.78 is 0. The van der Waals surface area contributed by atoms with E-state index in [4.69, 9.17) is 0 Å². The summed E-state index contributed by atoms with van der Waals surface area (Å²) in [5, 5.41) is 19.4. The molecule has 1 aliphatic heterocycles. The van der Waals surface area contributed by atoms with Crippen LogP contribution in [0.15, 0.2) is 12.4 Å². The van der Waals surface area contributed by atoms with Crippen molar-refractivity contribution in [2.75, 3.05) is 13.1 Å². The summed E-state index contributed by atoms with van der Waals surface area (Å²) in [7, 11) is 0. The first kappa shape index (κ1) is 15.6. The third-order valence-corrected chi connectivity index (χ3v) is 5.99. The molecular formula is C17H24N4O3. The van der Waals surface area contributed by atoms with Crippen molar-refractivity contribution in [1.82, 2.24) is 20.4 Å². The van der Waals surface area contributed by atoms with E-state index in [1.807, 2.05) is 4.90 Å². The lowest BCUT2D eigenvalue weighted by Gasteiger charge is -2.21. The van der Waals surface area contributed by atoms with Crippen LogP contribution >= 0.6 is 0 Å². The number of likely N-dealkylation sites (tertiary alicyclic amines) is 1. The minimum absolute atomic E-state index is 0.156. The van der Waals surface area contributed by atoms with E-state index in [9.17, 15) is 14.7 Å². The minimum Gasteiger partial charge on any atom is -0.391 e. The Morgan fingerprint density at radius 3 is 2.67 bits per heavy atom. The van der Waals surface area contributed by atoms with Gasteiger partial charge in [0.1, 0.15) is 0 Å². The van der Waals surface area contributed by atoms with Gasteiger partial charge in [0.15, 0.2) is 0 Å². The summed E-state index contributed by atoms with van der Waals surface area (Å²) in [6.07, 6.45) is 7.01. The first-order chi connectivity index (χ1) is 11.6. The predicted octanol–water partition coefficient (Wildman–Crippen LogP) is 0.537. The summed E-state index contributed by atoms with van der Waals surface area (Å²) in [6.45, 7) is 1.75. The molecule has 0 radical (unpaired) electrons. The molecule has 2 saturated carbocycles. The molecule has 1 saturated heterocycles. The van der Waals surface area contributed by atoms with E-state index in [0.717, 1.165) is 13.1 Å². The number of hydrogen-bond donors (Lipinski definition) is 3. The summed E-state index contributed by atoms with van der Waals surface area (Å²) in [5.41, 5.74) is 0.435. The van der Waals surface area contributed by atoms with Gasteiger partial charge in [0.05, 0.1) is 23.9 Å². The standard InChI is InChI=1S/C17H24N4O3/c22-15-5-12(4-14(15)20-16(23)13-6-18-19-7-13)17(24)21-8-10-2-1-3-11(10)9-21/h6-7,10-12,14-15,22H,1-5,8-9H2,(H,18,19)(H,20,23)/t10-,11+,12-,14+,15+/m0/s1. The van der Waals surface area contributed by atoms with E-state index >= 15 is 0 Å². The molecule has 0 bridgehead atoms. The van der Waals surface area contributed by atoms with Gasteiger partial charge < -0.3 is 15.3 Å². The van der Waals surface area contributed by atoms with Gasteiger partial charge in [0, 0.05) is 25.2 Å². The van der Waals surface area contributed by atoms with Crippen LogP contribution in [-0.2, 0) is 4.79 Å². The molecule has 0 spiro atoms. The van der Waals surface area contributed by atoms with Gasteiger partial charge in [-0.2, -0.15) is 5.10 Å². The van der Waals surface area contributed by atoms with Crippen molar-refractivity contribution in [3.05, 3.63) is 18.0 Å². The number of carbonyl (C=O) groups is 2. The fourth-order valence-electron chi connectivity index (χ4n) is 4.67. The maximum Gasteiger partial charge on any atom is 0.254 e. The third kappa shape index (κ3) is 2.81. The lowest BCUT2D eigenvalue weighted by Crippen LogP contribution is -2.40. The molecule has 130 valence electrons. The van der Waals surface area contributed by atoms with Crippen molar-refractivity contribution < 1.29 is 14.7 Å². The smallest absolute Gasteiger partial charge is 0.254 e. The molecule has 7 nitrogen and oxygen atoms in total. The highest BCUT2D eigenvalue weighted by atomic mass is 16.3. The molecule has 1 aromatic heterocycles. The van der Waals surface area contributed by atoms with E-state index < -0.39 is 6.10 Å².